The van der Waals surface area contributed by atoms with Crippen molar-refractivity contribution >= 4 is 28.9 Å². The number of hydrogen-bond acceptors (Lipinski definition) is 8. The van der Waals surface area contributed by atoms with Gasteiger partial charge in [-0.15, -0.1) is 0 Å². The molecule has 2 aromatic heterocycles. The Morgan fingerprint density at radius 2 is 2.10 bits per heavy atom. The van der Waals surface area contributed by atoms with Gasteiger partial charge < -0.3 is 9.84 Å². The molecule has 8 nitrogen and oxygen atoms in total. The zero-order chi connectivity index (χ0) is 28.4. The number of allylic oxidation sites excluding steroid dienone is 1. The molecule has 0 unspecified atom stereocenters. The summed E-state index contributed by atoms with van der Waals surface area (Å²) in [6, 6.07) is 5.00. The molecule has 4 aliphatic carbocycles. The van der Waals surface area contributed by atoms with Crippen molar-refractivity contribution < 1.29 is 23.8 Å². The molecule has 40 heavy (non-hydrogen) atoms. The van der Waals surface area contributed by atoms with E-state index in [1.54, 1.807) is 10.7 Å². The molecule has 3 saturated carbocycles. The molecule has 210 valence electrons. The highest BCUT2D eigenvalue weighted by atomic mass is 32.2. The molecular weight excluding hydrogens is 531 g/mol. The summed E-state index contributed by atoms with van der Waals surface area (Å²) in [6.07, 6.45) is 8.73. The van der Waals surface area contributed by atoms with Crippen LogP contribution in [0.4, 0.5) is 4.39 Å². The van der Waals surface area contributed by atoms with Gasteiger partial charge in [0.1, 0.15) is 0 Å². The van der Waals surface area contributed by atoms with Crippen LogP contribution in [0.2, 0.25) is 0 Å². The first-order valence-electron chi connectivity index (χ1n) is 13.9. The van der Waals surface area contributed by atoms with Crippen LogP contribution in [0.25, 0.3) is 11.8 Å². The lowest BCUT2D eigenvalue weighted by Crippen LogP contribution is -2.62. The molecule has 0 spiro atoms. The van der Waals surface area contributed by atoms with Crippen molar-refractivity contribution in [3.05, 3.63) is 47.3 Å². The highest BCUT2D eigenvalue weighted by Crippen LogP contribution is 2.68. The van der Waals surface area contributed by atoms with Crippen molar-refractivity contribution in [1.82, 2.24) is 14.8 Å². The number of thioether (sulfide) groups is 1. The summed E-state index contributed by atoms with van der Waals surface area (Å²) in [6.45, 7) is 5.57. The molecule has 2 aromatic rings. The number of halogens is 1. The normalized spacial score (nSPS) is 35.9. The Morgan fingerprint density at radius 3 is 2.80 bits per heavy atom. The second-order valence-electron chi connectivity index (χ2n) is 12.3. The summed E-state index contributed by atoms with van der Waals surface area (Å²) in [5.74, 6) is -0.835. The minimum Gasteiger partial charge on any atom is -0.450 e. The van der Waals surface area contributed by atoms with Crippen LogP contribution in [0, 0.1) is 45.9 Å². The number of aliphatic hydroxyl groups is 1. The number of hydrogen-bond donors (Lipinski definition) is 1. The largest absolute Gasteiger partial charge is 0.450 e. The van der Waals surface area contributed by atoms with Crippen molar-refractivity contribution in [3.8, 4) is 11.8 Å². The van der Waals surface area contributed by atoms with Gasteiger partial charge in [-0.2, -0.15) is 14.8 Å². The predicted octanol–water partition coefficient (Wildman–Crippen LogP) is 4.64. The predicted molar refractivity (Wildman–Crippen MR) is 146 cm³/mol. The van der Waals surface area contributed by atoms with E-state index in [9.17, 15) is 19.1 Å². The summed E-state index contributed by atoms with van der Waals surface area (Å²) in [7, 11) is 0. The van der Waals surface area contributed by atoms with Gasteiger partial charge in [0.25, 0.3) is 0 Å². The van der Waals surface area contributed by atoms with Gasteiger partial charge in [-0.05, 0) is 85.5 Å². The molecule has 0 radical (unpaired) electrons. The van der Waals surface area contributed by atoms with E-state index in [1.807, 2.05) is 19.2 Å². The number of pyridine rings is 1. The van der Waals surface area contributed by atoms with Crippen LogP contribution >= 0.6 is 11.8 Å². The third-order valence-electron chi connectivity index (χ3n) is 10.4. The summed E-state index contributed by atoms with van der Waals surface area (Å²) < 4.78 is 21.1. The van der Waals surface area contributed by atoms with E-state index < -0.39 is 29.0 Å². The van der Waals surface area contributed by atoms with Crippen LogP contribution in [0.1, 0.15) is 64.1 Å². The van der Waals surface area contributed by atoms with Crippen molar-refractivity contribution in [3.63, 3.8) is 0 Å². The molecule has 7 atom stereocenters. The van der Waals surface area contributed by atoms with E-state index >= 15 is 0 Å². The molecular formula is C30H33FN4O4S. The average molecular weight is 565 g/mol. The van der Waals surface area contributed by atoms with E-state index in [2.05, 4.69) is 23.1 Å². The highest BCUT2D eigenvalue weighted by molar-refractivity contribution is 8.14. The molecule has 0 amide bonds. The maximum atomic E-state index is 13.6. The lowest BCUT2D eigenvalue weighted by Gasteiger charge is -2.60. The zero-order valence-corrected chi connectivity index (χ0v) is 23.7. The van der Waals surface area contributed by atoms with Gasteiger partial charge in [-0.1, -0.05) is 31.2 Å². The maximum absolute atomic E-state index is 13.6. The lowest BCUT2D eigenvalue weighted by molar-refractivity contribution is -0.195. The van der Waals surface area contributed by atoms with Gasteiger partial charge in [0.2, 0.25) is 11.1 Å². The molecule has 0 aromatic carbocycles. The fraction of sp³-hybridized carbons (Fsp3) is 0.567. The monoisotopic (exact) mass is 564 g/mol. The number of aromatic nitrogens is 3. The molecule has 2 heterocycles. The van der Waals surface area contributed by atoms with Crippen molar-refractivity contribution in [2.75, 3.05) is 5.75 Å². The minimum atomic E-state index is -1.35. The van der Waals surface area contributed by atoms with Gasteiger partial charge in [-0.25, -0.2) is 9.67 Å². The number of carbonyl (C=O) groups excluding carboxylic acids is 2. The molecule has 6 rings (SSSR count). The molecule has 0 bridgehead atoms. The summed E-state index contributed by atoms with van der Waals surface area (Å²) >= 11 is 0.908. The second kappa shape index (κ2) is 9.52. The highest BCUT2D eigenvalue weighted by Gasteiger charge is 2.70. The van der Waals surface area contributed by atoms with Crippen LogP contribution in [-0.4, -0.2) is 48.4 Å². The summed E-state index contributed by atoms with van der Waals surface area (Å²) in [4.78, 5) is 29.6. The van der Waals surface area contributed by atoms with E-state index in [-0.39, 0.29) is 34.0 Å². The molecule has 4 aliphatic rings. The first-order chi connectivity index (χ1) is 19.0. The first-order valence-corrected chi connectivity index (χ1v) is 14.8. The number of carbonyl (C=O) groups is 2. The van der Waals surface area contributed by atoms with Crippen LogP contribution in [0.5, 0.6) is 0 Å². The standard InChI is InChI=1S/C30H33FN4O4S/c1-17(36)39-30(27(38)40-11-10-32)9-8-22-21-6-4-19-12-23-18(15-34-35(23)20-5-7-25(31)33-16-20)13-28(19,2)26(21)24(37)14-29(22,30)3/h5,7,12,15-16,21-22,24,26,37H,4,6,8-9,11,13-14H2,1-3H3/t21-,22-,24-,26+,28-,29-,30-/m0/s1. The number of nitriles is 1. The molecule has 3 fully saturated rings. The van der Waals surface area contributed by atoms with Gasteiger partial charge in [0, 0.05) is 12.3 Å². The average Bonchev–Trinajstić information content (AvgIpc) is 3.43. The van der Waals surface area contributed by atoms with Crippen LogP contribution in [-0.2, 0) is 20.7 Å². The lowest BCUT2D eigenvalue weighted by atomic mass is 9.45. The van der Waals surface area contributed by atoms with E-state index in [0.717, 1.165) is 48.7 Å². The molecule has 1 N–H and O–H groups in total. The van der Waals surface area contributed by atoms with Crippen LogP contribution in [0.3, 0.4) is 0 Å². The SMILES string of the molecule is CC(=O)O[C@]1(C(=O)SCC#N)CC[C@H]2[C@@H]3CCC4=Cc5c(cnn5-c5ccc(F)nc5)C[C@]4(C)[C@H]3[C@@H](O)C[C@@]21C. The Kier molecular flexibility index (Phi) is 6.46. The van der Waals surface area contributed by atoms with Gasteiger partial charge in [0.05, 0.1) is 41.7 Å². The third-order valence-corrected chi connectivity index (χ3v) is 11.3. The van der Waals surface area contributed by atoms with Crippen molar-refractivity contribution in [1.29, 1.82) is 5.26 Å². The summed E-state index contributed by atoms with van der Waals surface area (Å²) in [5, 5.41) is 25.3. The Labute approximate surface area is 237 Å². The Bertz CT molecular complexity index is 1450. The first kappa shape index (κ1) is 27.2. The molecule has 0 saturated heterocycles. The number of esters is 1. The van der Waals surface area contributed by atoms with Crippen LogP contribution < -0.4 is 0 Å². The molecule has 0 aliphatic heterocycles. The topological polar surface area (TPSA) is 118 Å². The second-order valence-corrected chi connectivity index (χ2v) is 13.2. The summed E-state index contributed by atoms with van der Waals surface area (Å²) in [5.41, 5.74) is 1.62. The quantitative estimate of drug-likeness (QED) is 0.421. The Morgan fingerprint density at radius 1 is 1.30 bits per heavy atom. The fourth-order valence-electron chi connectivity index (χ4n) is 8.88. The smallest absolute Gasteiger partial charge is 0.303 e. The zero-order valence-electron chi connectivity index (χ0n) is 22.9. The number of aliphatic hydroxyl groups excluding tert-OH is 1. The number of fused-ring (bicyclic) bond motifs is 6. The van der Waals surface area contributed by atoms with E-state index in [1.165, 1.54) is 24.8 Å². The van der Waals surface area contributed by atoms with Gasteiger partial charge in [-0.3, -0.25) is 9.59 Å². The number of nitrogens with zero attached hydrogens (tertiary/aromatic N) is 4. The maximum Gasteiger partial charge on any atom is 0.303 e. The Balaban J connectivity index is 1.35. The van der Waals surface area contributed by atoms with E-state index in [4.69, 9.17) is 10.00 Å². The van der Waals surface area contributed by atoms with Crippen LogP contribution in [0.15, 0.2) is 30.1 Å². The van der Waals surface area contributed by atoms with Gasteiger partial charge in [0.15, 0.2) is 5.60 Å². The minimum absolute atomic E-state index is 0.00652. The fourth-order valence-corrected chi connectivity index (χ4v) is 9.68. The third kappa shape index (κ3) is 3.81. The van der Waals surface area contributed by atoms with Crippen molar-refractivity contribution in [2.24, 2.45) is 28.6 Å². The van der Waals surface area contributed by atoms with Gasteiger partial charge >= 0.3 is 5.97 Å². The number of ether oxygens (including phenoxy) is 1. The molecule has 10 heteroatoms. The van der Waals surface area contributed by atoms with Crippen molar-refractivity contribution in [2.45, 2.75) is 71.0 Å². The number of rotatable bonds is 4. The Hall–Kier alpha value is -3.03. The van der Waals surface area contributed by atoms with E-state index in [0.29, 0.717) is 18.5 Å².